The number of aromatic amines is 1. The molecule has 0 saturated carbocycles. The lowest BCUT2D eigenvalue weighted by atomic mass is 9.93. The molecule has 7 nitrogen and oxygen atoms in total. The van der Waals surface area contributed by atoms with Crippen molar-refractivity contribution < 1.29 is 9.47 Å². The van der Waals surface area contributed by atoms with Gasteiger partial charge in [0, 0.05) is 11.5 Å². The molecule has 0 amide bonds. The van der Waals surface area contributed by atoms with Crippen LogP contribution in [-0.2, 0) is 5.41 Å². The zero-order chi connectivity index (χ0) is 16.3. The Hall–Kier alpha value is -2.57. The molecule has 118 valence electrons. The van der Waals surface area contributed by atoms with Crippen LogP contribution >= 0.6 is 0 Å². The number of methoxy groups -OCH3 is 2. The number of hydrogen-bond donors (Lipinski definition) is 2. The Morgan fingerprint density at radius 3 is 2.41 bits per heavy atom. The molecule has 7 heteroatoms. The molecule has 0 saturated heterocycles. The van der Waals surface area contributed by atoms with E-state index in [1.54, 1.807) is 32.4 Å². The molecule has 22 heavy (non-hydrogen) atoms. The fourth-order valence-electron chi connectivity index (χ4n) is 1.92. The Bertz CT molecular complexity index is 719. The third-order valence-electron chi connectivity index (χ3n) is 3.07. The Morgan fingerprint density at radius 2 is 1.86 bits per heavy atom. The Morgan fingerprint density at radius 1 is 1.14 bits per heavy atom. The summed E-state index contributed by atoms with van der Waals surface area (Å²) < 4.78 is 10.4. The molecule has 0 atom stereocenters. The van der Waals surface area contributed by atoms with Crippen molar-refractivity contribution in [2.24, 2.45) is 0 Å². The van der Waals surface area contributed by atoms with Gasteiger partial charge in [0.25, 0.3) is 5.56 Å². The first-order chi connectivity index (χ1) is 10.3. The molecule has 0 bridgehead atoms. The first kappa shape index (κ1) is 15.8. The van der Waals surface area contributed by atoms with Crippen molar-refractivity contribution in [3.63, 3.8) is 0 Å². The molecule has 0 aliphatic carbocycles. The van der Waals surface area contributed by atoms with Crippen LogP contribution in [0.25, 0.3) is 0 Å². The Balaban J connectivity index is 2.35. The van der Waals surface area contributed by atoms with Gasteiger partial charge in [-0.3, -0.25) is 9.78 Å². The van der Waals surface area contributed by atoms with Gasteiger partial charge < -0.3 is 14.8 Å². The zero-order valence-electron chi connectivity index (χ0n) is 13.4. The van der Waals surface area contributed by atoms with E-state index in [2.05, 4.69) is 20.5 Å². The SMILES string of the molecule is COc1ccc(OC)c(Nc2nnc(C(C)(C)C)c(=O)[nH]2)c1. The molecule has 2 rings (SSSR count). The molecule has 2 aromatic rings. The second-order valence-corrected chi connectivity index (χ2v) is 5.79. The van der Waals surface area contributed by atoms with Crippen molar-refractivity contribution in [3.05, 3.63) is 34.2 Å². The molecule has 0 spiro atoms. The van der Waals surface area contributed by atoms with E-state index in [0.29, 0.717) is 22.9 Å². The minimum Gasteiger partial charge on any atom is -0.497 e. The summed E-state index contributed by atoms with van der Waals surface area (Å²) in [5.74, 6) is 1.50. The van der Waals surface area contributed by atoms with Crippen LogP contribution in [0.15, 0.2) is 23.0 Å². The standard InChI is InChI=1S/C15H20N4O3/c1-15(2,3)12-13(20)17-14(19-18-12)16-10-8-9(21-4)6-7-11(10)22-5/h6-8H,1-5H3,(H2,16,17,19,20). The second-order valence-electron chi connectivity index (χ2n) is 5.79. The van der Waals surface area contributed by atoms with Gasteiger partial charge >= 0.3 is 0 Å². The molecule has 2 N–H and O–H groups in total. The maximum absolute atomic E-state index is 12.1. The summed E-state index contributed by atoms with van der Waals surface area (Å²) in [7, 11) is 3.13. The van der Waals surface area contributed by atoms with E-state index < -0.39 is 0 Å². The fraction of sp³-hybridized carbons (Fsp3) is 0.400. The molecule has 1 aromatic carbocycles. The summed E-state index contributed by atoms with van der Waals surface area (Å²) in [6.45, 7) is 5.72. The predicted molar refractivity (Wildman–Crippen MR) is 84.2 cm³/mol. The summed E-state index contributed by atoms with van der Waals surface area (Å²) in [6.07, 6.45) is 0. The number of ether oxygens (including phenoxy) is 2. The molecule has 1 heterocycles. The minimum absolute atomic E-state index is 0.240. The summed E-state index contributed by atoms with van der Waals surface area (Å²) in [4.78, 5) is 14.8. The van der Waals surface area contributed by atoms with E-state index in [4.69, 9.17) is 9.47 Å². The molecule has 1 aromatic heterocycles. The normalized spacial score (nSPS) is 11.1. The first-order valence-electron chi connectivity index (χ1n) is 6.81. The van der Waals surface area contributed by atoms with Gasteiger partial charge in [-0.05, 0) is 12.1 Å². The van der Waals surface area contributed by atoms with Crippen LogP contribution in [0, 0.1) is 0 Å². The van der Waals surface area contributed by atoms with E-state index in [-0.39, 0.29) is 16.9 Å². The van der Waals surface area contributed by atoms with Crippen molar-refractivity contribution in [1.29, 1.82) is 0 Å². The lowest BCUT2D eigenvalue weighted by molar-refractivity contribution is 0.404. The highest BCUT2D eigenvalue weighted by Gasteiger charge is 2.20. The maximum Gasteiger partial charge on any atom is 0.274 e. The van der Waals surface area contributed by atoms with Crippen LogP contribution < -0.4 is 20.3 Å². The number of nitrogens with zero attached hydrogens (tertiary/aromatic N) is 2. The number of H-pyrrole nitrogens is 1. The van der Waals surface area contributed by atoms with Gasteiger partial charge in [-0.2, -0.15) is 0 Å². The van der Waals surface area contributed by atoms with Gasteiger partial charge in [-0.25, -0.2) is 0 Å². The predicted octanol–water partition coefficient (Wildman–Crippen LogP) is 2.22. The average molecular weight is 304 g/mol. The lowest BCUT2D eigenvalue weighted by Gasteiger charge is -2.16. The maximum atomic E-state index is 12.1. The van der Waals surface area contributed by atoms with Crippen molar-refractivity contribution in [2.75, 3.05) is 19.5 Å². The summed E-state index contributed by atoms with van der Waals surface area (Å²) >= 11 is 0. The lowest BCUT2D eigenvalue weighted by Crippen LogP contribution is -2.28. The van der Waals surface area contributed by atoms with Crippen molar-refractivity contribution in [3.8, 4) is 11.5 Å². The van der Waals surface area contributed by atoms with E-state index in [1.807, 2.05) is 20.8 Å². The van der Waals surface area contributed by atoms with Gasteiger partial charge in [0.2, 0.25) is 5.95 Å². The summed E-state index contributed by atoms with van der Waals surface area (Å²) in [5, 5.41) is 11.0. The molecule has 0 radical (unpaired) electrons. The molecular weight excluding hydrogens is 284 g/mol. The average Bonchev–Trinajstić information content (AvgIpc) is 2.45. The second kappa shape index (κ2) is 6.05. The minimum atomic E-state index is -0.368. The van der Waals surface area contributed by atoms with E-state index in [9.17, 15) is 4.79 Å². The van der Waals surface area contributed by atoms with Gasteiger partial charge in [0.15, 0.2) is 0 Å². The van der Waals surface area contributed by atoms with Crippen LogP contribution in [0.2, 0.25) is 0 Å². The summed E-state index contributed by atoms with van der Waals surface area (Å²) in [5.41, 5.74) is 0.366. The molecule has 0 unspecified atom stereocenters. The van der Waals surface area contributed by atoms with Crippen LogP contribution in [0.5, 0.6) is 11.5 Å². The number of nitrogens with one attached hydrogen (secondary N) is 2. The number of anilines is 2. The fourth-order valence-corrected chi connectivity index (χ4v) is 1.92. The Kier molecular flexibility index (Phi) is 4.35. The summed E-state index contributed by atoms with van der Waals surface area (Å²) in [6, 6.07) is 5.29. The zero-order valence-corrected chi connectivity index (χ0v) is 13.4. The molecular formula is C15H20N4O3. The third-order valence-corrected chi connectivity index (χ3v) is 3.07. The smallest absolute Gasteiger partial charge is 0.274 e. The molecule has 0 fully saturated rings. The third kappa shape index (κ3) is 3.36. The highest BCUT2D eigenvalue weighted by molar-refractivity contribution is 5.64. The van der Waals surface area contributed by atoms with Gasteiger partial charge in [-0.1, -0.05) is 20.8 Å². The monoisotopic (exact) mass is 304 g/mol. The van der Waals surface area contributed by atoms with Crippen molar-refractivity contribution >= 4 is 11.6 Å². The number of rotatable bonds is 4. The van der Waals surface area contributed by atoms with Crippen LogP contribution in [0.3, 0.4) is 0 Å². The Labute approximate surface area is 128 Å². The van der Waals surface area contributed by atoms with Gasteiger partial charge in [-0.15, -0.1) is 10.2 Å². The largest absolute Gasteiger partial charge is 0.497 e. The van der Waals surface area contributed by atoms with Crippen molar-refractivity contribution in [1.82, 2.24) is 15.2 Å². The van der Waals surface area contributed by atoms with Gasteiger partial charge in [0.05, 0.1) is 19.9 Å². The number of hydrogen-bond acceptors (Lipinski definition) is 6. The highest BCUT2D eigenvalue weighted by atomic mass is 16.5. The molecule has 0 aliphatic rings. The van der Waals surface area contributed by atoms with Crippen LogP contribution in [0.4, 0.5) is 11.6 Å². The number of benzene rings is 1. The van der Waals surface area contributed by atoms with Crippen molar-refractivity contribution in [2.45, 2.75) is 26.2 Å². The molecule has 0 aliphatic heterocycles. The van der Waals surface area contributed by atoms with E-state index >= 15 is 0 Å². The number of aromatic nitrogens is 3. The van der Waals surface area contributed by atoms with E-state index in [1.165, 1.54) is 0 Å². The van der Waals surface area contributed by atoms with E-state index in [0.717, 1.165) is 0 Å². The topological polar surface area (TPSA) is 89.1 Å². The first-order valence-corrected chi connectivity index (χ1v) is 6.81. The highest BCUT2D eigenvalue weighted by Crippen LogP contribution is 2.30. The van der Waals surface area contributed by atoms with Crippen LogP contribution in [0.1, 0.15) is 26.5 Å². The quantitative estimate of drug-likeness (QED) is 0.900. The van der Waals surface area contributed by atoms with Gasteiger partial charge in [0.1, 0.15) is 17.2 Å². The van der Waals surface area contributed by atoms with Crippen LogP contribution in [-0.4, -0.2) is 29.4 Å².